The molecule has 0 radical (unpaired) electrons. The first kappa shape index (κ1) is 13.7. The zero-order valence-electron chi connectivity index (χ0n) is 10.8. The van der Waals surface area contributed by atoms with Crippen molar-refractivity contribution in [3.63, 3.8) is 0 Å². The molecule has 0 aliphatic heterocycles. The summed E-state index contributed by atoms with van der Waals surface area (Å²) < 4.78 is 4.72. The van der Waals surface area contributed by atoms with Gasteiger partial charge in [-0.3, -0.25) is 4.79 Å². The average molecular weight is 271 g/mol. The topological polar surface area (TPSA) is 81.2 Å². The van der Waals surface area contributed by atoms with Crippen molar-refractivity contribution in [1.29, 1.82) is 0 Å². The molecule has 1 aromatic carbocycles. The maximum atomic E-state index is 12.1. The Balaban J connectivity index is 2.21. The Morgan fingerprint density at radius 3 is 2.50 bits per heavy atom. The third-order valence-corrected chi connectivity index (χ3v) is 2.69. The third kappa shape index (κ3) is 3.17. The molecule has 0 bridgehead atoms. The molecular formula is C14H13N3O3. The third-order valence-electron chi connectivity index (χ3n) is 2.69. The molecule has 0 fully saturated rings. The fourth-order valence-corrected chi connectivity index (χ4v) is 1.68. The van der Waals surface area contributed by atoms with E-state index in [1.165, 1.54) is 25.6 Å². The summed E-state index contributed by atoms with van der Waals surface area (Å²) in [6, 6.07) is 9.53. The van der Waals surface area contributed by atoms with Gasteiger partial charge < -0.3 is 10.1 Å². The second kappa shape index (κ2) is 6.42. The number of methoxy groups -OCH3 is 1. The predicted molar refractivity (Wildman–Crippen MR) is 70.7 cm³/mol. The van der Waals surface area contributed by atoms with Crippen molar-refractivity contribution in [3.8, 4) is 0 Å². The van der Waals surface area contributed by atoms with Gasteiger partial charge in [0.05, 0.1) is 25.1 Å². The molecule has 2 rings (SSSR count). The van der Waals surface area contributed by atoms with E-state index >= 15 is 0 Å². The fourth-order valence-electron chi connectivity index (χ4n) is 1.68. The number of hydrogen-bond donors (Lipinski definition) is 1. The Hall–Kier alpha value is -2.76. The molecule has 1 unspecified atom stereocenters. The van der Waals surface area contributed by atoms with Gasteiger partial charge in [0, 0.05) is 0 Å². The quantitative estimate of drug-likeness (QED) is 0.843. The fraction of sp³-hybridized carbons (Fsp3) is 0.143. The summed E-state index contributed by atoms with van der Waals surface area (Å²) >= 11 is 0. The molecule has 6 heteroatoms. The number of rotatable bonds is 4. The number of benzene rings is 1. The summed E-state index contributed by atoms with van der Waals surface area (Å²) in [7, 11) is 1.28. The Bertz CT molecular complexity index is 587. The van der Waals surface area contributed by atoms with E-state index in [0.29, 0.717) is 11.1 Å². The lowest BCUT2D eigenvalue weighted by molar-refractivity contribution is -0.143. The Morgan fingerprint density at radius 1 is 1.15 bits per heavy atom. The number of carbonyl (C=O) groups excluding carboxylic acids is 2. The summed E-state index contributed by atoms with van der Waals surface area (Å²) in [6.45, 7) is 0. The van der Waals surface area contributed by atoms with Crippen molar-refractivity contribution in [1.82, 2.24) is 15.5 Å². The van der Waals surface area contributed by atoms with Crippen LogP contribution < -0.4 is 5.32 Å². The lowest BCUT2D eigenvalue weighted by Crippen LogP contribution is -2.34. The van der Waals surface area contributed by atoms with E-state index < -0.39 is 17.9 Å². The van der Waals surface area contributed by atoms with Crippen LogP contribution in [-0.4, -0.2) is 29.2 Å². The first-order chi connectivity index (χ1) is 9.72. The number of esters is 1. The molecule has 1 atom stereocenters. The van der Waals surface area contributed by atoms with Crippen molar-refractivity contribution in [2.45, 2.75) is 6.04 Å². The van der Waals surface area contributed by atoms with Crippen molar-refractivity contribution in [3.05, 3.63) is 59.9 Å². The Morgan fingerprint density at radius 2 is 1.90 bits per heavy atom. The normalized spacial score (nSPS) is 11.4. The number of ether oxygens (including phenoxy) is 1. The van der Waals surface area contributed by atoms with Gasteiger partial charge in [-0.15, -0.1) is 0 Å². The standard InChI is InChI=1S/C14H13N3O3/c1-20-14(19)12(10-5-3-2-4-6-10)17-13(18)11-7-8-15-16-9-11/h2-9,12H,1H3,(H,17,18). The van der Waals surface area contributed by atoms with Crippen molar-refractivity contribution in [2.75, 3.05) is 7.11 Å². The summed E-state index contributed by atoms with van der Waals surface area (Å²) in [4.78, 5) is 23.9. The molecule has 0 aliphatic rings. The van der Waals surface area contributed by atoms with Crippen LogP contribution in [0.2, 0.25) is 0 Å². The van der Waals surface area contributed by atoms with Crippen molar-refractivity contribution >= 4 is 11.9 Å². The van der Waals surface area contributed by atoms with Crippen molar-refractivity contribution < 1.29 is 14.3 Å². The van der Waals surface area contributed by atoms with Gasteiger partial charge in [0.25, 0.3) is 5.91 Å². The molecule has 1 amide bonds. The number of amides is 1. The summed E-state index contributed by atoms with van der Waals surface area (Å²) in [6.07, 6.45) is 2.74. The highest BCUT2D eigenvalue weighted by Gasteiger charge is 2.23. The van der Waals surface area contributed by atoms with Crippen LogP contribution >= 0.6 is 0 Å². The van der Waals surface area contributed by atoms with Gasteiger partial charge in [-0.1, -0.05) is 30.3 Å². The summed E-state index contributed by atoms with van der Waals surface area (Å²) in [5.41, 5.74) is 0.972. The van der Waals surface area contributed by atoms with Gasteiger partial charge in [-0.2, -0.15) is 10.2 Å². The molecule has 0 saturated heterocycles. The minimum absolute atomic E-state index is 0.324. The van der Waals surface area contributed by atoms with Crippen LogP contribution in [0.5, 0.6) is 0 Å². The van der Waals surface area contributed by atoms with E-state index in [2.05, 4.69) is 15.5 Å². The second-order valence-corrected chi connectivity index (χ2v) is 3.97. The van der Waals surface area contributed by atoms with Gasteiger partial charge in [0.1, 0.15) is 0 Å². The molecule has 1 heterocycles. The molecular weight excluding hydrogens is 258 g/mol. The van der Waals surface area contributed by atoms with Crippen LogP contribution in [0.4, 0.5) is 0 Å². The number of nitrogens with zero attached hydrogens (tertiary/aromatic N) is 2. The van der Waals surface area contributed by atoms with Crippen LogP contribution in [0, 0.1) is 0 Å². The number of nitrogens with one attached hydrogen (secondary N) is 1. The predicted octanol–water partition coefficient (Wildman–Crippen LogP) is 1.12. The Kier molecular flexibility index (Phi) is 4.39. The lowest BCUT2D eigenvalue weighted by atomic mass is 10.1. The molecule has 0 aliphatic carbocycles. The maximum absolute atomic E-state index is 12.1. The minimum atomic E-state index is -0.859. The highest BCUT2D eigenvalue weighted by Crippen LogP contribution is 2.14. The van der Waals surface area contributed by atoms with Gasteiger partial charge in [-0.05, 0) is 11.6 Å². The van der Waals surface area contributed by atoms with E-state index in [9.17, 15) is 9.59 Å². The first-order valence-corrected chi connectivity index (χ1v) is 5.92. The zero-order chi connectivity index (χ0) is 14.4. The number of aromatic nitrogens is 2. The molecule has 102 valence electrons. The first-order valence-electron chi connectivity index (χ1n) is 5.92. The van der Waals surface area contributed by atoms with E-state index in [1.54, 1.807) is 24.3 Å². The molecule has 0 saturated carbocycles. The highest BCUT2D eigenvalue weighted by molar-refractivity contribution is 5.96. The lowest BCUT2D eigenvalue weighted by Gasteiger charge is -2.16. The Labute approximate surface area is 115 Å². The second-order valence-electron chi connectivity index (χ2n) is 3.97. The van der Waals surface area contributed by atoms with Crippen LogP contribution in [0.3, 0.4) is 0 Å². The molecule has 1 aromatic heterocycles. The van der Waals surface area contributed by atoms with E-state index in [1.807, 2.05) is 6.07 Å². The number of hydrogen-bond acceptors (Lipinski definition) is 5. The molecule has 20 heavy (non-hydrogen) atoms. The molecule has 1 N–H and O–H groups in total. The van der Waals surface area contributed by atoms with Crippen LogP contribution in [0.1, 0.15) is 22.0 Å². The van der Waals surface area contributed by atoms with Crippen LogP contribution in [-0.2, 0) is 9.53 Å². The van der Waals surface area contributed by atoms with Gasteiger partial charge in [0.15, 0.2) is 6.04 Å². The molecule has 2 aromatic rings. The van der Waals surface area contributed by atoms with Gasteiger partial charge in [0.2, 0.25) is 0 Å². The highest BCUT2D eigenvalue weighted by atomic mass is 16.5. The zero-order valence-corrected chi connectivity index (χ0v) is 10.8. The monoisotopic (exact) mass is 271 g/mol. The molecule has 0 spiro atoms. The van der Waals surface area contributed by atoms with Gasteiger partial charge >= 0.3 is 5.97 Å². The minimum Gasteiger partial charge on any atom is -0.467 e. The van der Waals surface area contributed by atoms with Gasteiger partial charge in [-0.25, -0.2) is 4.79 Å². The largest absolute Gasteiger partial charge is 0.467 e. The smallest absolute Gasteiger partial charge is 0.333 e. The average Bonchev–Trinajstić information content (AvgIpc) is 2.53. The maximum Gasteiger partial charge on any atom is 0.333 e. The van der Waals surface area contributed by atoms with Crippen LogP contribution in [0.15, 0.2) is 48.8 Å². The van der Waals surface area contributed by atoms with E-state index in [4.69, 9.17) is 4.74 Å². The van der Waals surface area contributed by atoms with Crippen LogP contribution in [0.25, 0.3) is 0 Å². The summed E-state index contributed by atoms with van der Waals surface area (Å²) in [5, 5.41) is 9.84. The SMILES string of the molecule is COC(=O)C(NC(=O)c1ccnnc1)c1ccccc1. The summed E-state index contributed by atoms with van der Waals surface area (Å²) in [5.74, 6) is -0.953. The number of carbonyl (C=O) groups is 2. The van der Waals surface area contributed by atoms with E-state index in [-0.39, 0.29) is 0 Å². The van der Waals surface area contributed by atoms with Crippen molar-refractivity contribution in [2.24, 2.45) is 0 Å². The van der Waals surface area contributed by atoms with E-state index in [0.717, 1.165) is 0 Å². The molecule has 6 nitrogen and oxygen atoms in total.